The Balaban J connectivity index is 2.04. The summed E-state index contributed by atoms with van der Waals surface area (Å²) in [6, 6.07) is 7.89. The second kappa shape index (κ2) is 6.06. The zero-order chi connectivity index (χ0) is 13.8. The van der Waals surface area contributed by atoms with Gasteiger partial charge in [-0.25, -0.2) is 0 Å². The van der Waals surface area contributed by atoms with Gasteiger partial charge < -0.3 is 14.4 Å². The summed E-state index contributed by atoms with van der Waals surface area (Å²) >= 11 is 0. The molecule has 4 nitrogen and oxygen atoms in total. The average Bonchev–Trinajstić information content (AvgIpc) is 2.99. The second-order valence-electron chi connectivity index (χ2n) is 4.96. The van der Waals surface area contributed by atoms with Crippen LogP contribution in [0.4, 0.5) is 0 Å². The van der Waals surface area contributed by atoms with Crippen molar-refractivity contribution < 1.29 is 14.3 Å². The fourth-order valence-corrected chi connectivity index (χ4v) is 2.31. The molecule has 19 heavy (non-hydrogen) atoms. The van der Waals surface area contributed by atoms with E-state index in [1.165, 1.54) is 0 Å². The number of amides is 1. The molecule has 0 spiro atoms. The van der Waals surface area contributed by atoms with Gasteiger partial charge in [-0.05, 0) is 31.0 Å². The number of ether oxygens (including phenoxy) is 2. The van der Waals surface area contributed by atoms with Crippen LogP contribution in [0, 0.1) is 5.92 Å². The Morgan fingerprint density at radius 2 is 2.11 bits per heavy atom. The van der Waals surface area contributed by atoms with E-state index in [4.69, 9.17) is 9.47 Å². The van der Waals surface area contributed by atoms with Crippen molar-refractivity contribution in [3.63, 3.8) is 0 Å². The molecule has 1 saturated heterocycles. The SMILES string of the molecule is COc1ccc(C(C)N(C)C(=O)C2CCOC2)cc1. The molecule has 0 aliphatic carbocycles. The average molecular weight is 263 g/mol. The Morgan fingerprint density at radius 1 is 1.42 bits per heavy atom. The van der Waals surface area contributed by atoms with Crippen molar-refractivity contribution in [3.05, 3.63) is 29.8 Å². The molecule has 1 aromatic carbocycles. The van der Waals surface area contributed by atoms with Gasteiger partial charge in [-0.1, -0.05) is 12.1 Å². The lowest BCUT2D eigenvalue weighted by Gasteiger charge is -2.27. The summed E-state index contributed by atoms with van der Waals surface area (Å²) < 4.78 is 10.4. The monoisotopic (exact) mass is 263 g/mol. The third-order valence-corrected chi connectivity index (χ3v) is 3.81. The van der Waals surface area contributed by atoms with Crippen LogP contribution in [-0.2, 0) is 9.53 Å². The van der Waals surface area contributed by atoms with Gasteiger partial charge in [-0.3, -0.25) is 4.79 Å². The first kappa shape index (κ1) is 13.9. The van der Waals surface area contributed by atoms with Gasteiger partial charge in [0.25, 0.3) is 0 Å². The number of rotatable bonds is 4. The summed E-state index contributed by atoms with van der Waals surface area (Å²) in [6.45, 7) is 3.29. The normalized spacial score (nSPS) is 20.1. The summed E-state index contributed by atoms with van der Waals surface area (Å²) in [6.07, 6.45) is 0.832. The molecule has 2 atom stereocenters. The van der Waals surface area contributed by atoms with E-state index >= 15 is 0 Å². The van der Waals surface area contributed by atoms with Crippen molar-refractivity contribution in [2.75, 3.05) is 27.4 Å². The topological polar surface area (TPSA) is 38.8 Å². The Hall–Kier alpha value is -1.55. The summed E-state index contributed by atoms with van der Waals surface area (Å²) in [7, 11) is 3.50. The molecule has 2 rings (SSSR count). The number of carbonyl (C=O) groups is 1. The molecule has 1 aliphatic rings. The van der Waals surface area contributed by atoms with E-state index in [0.717, 1.165) is 17.7 Å². The van der Waals surface area contributed by atoms with Crippen molar-refractivity contribution in [3.8, 4) is 5.75 Å². The van der Waals surface area contributed by atoms with Crippen LogP contribution in [0.2, 0.25) is 0 Å². The first-order valence-electron chi connectivity index (χ1n) is 6.62. The third-order valence-electron chi connectivity index (χ3n) is 3.81. The van der Waals surface area contributed by atoms with Crippen molar-refractivity contribution in [2.24, 2.45) is 5.92 Å². The fourth-order valence-electron chi connectivity index (χ4n) is 2.31. The van der Waals surface area contributed by atoms with Gasteiger partial charge in [0.15, 0.2) is 0 Å². The van der Waals surface area contributed by atoms with Crippen LogP contribution >= 0.6 is 0 Å². The van der Waals surface area contributed by atoms with Gasteiger partial charge in [-0.2, -0.15) is 0 Å². The van der Waals surface area contributed by atoms with E-state index in [1.807, 2.05) is 38.2 Å². The molecule has 0 saturated carbocycles. The first-order chi connectivity index (χ1) is 9.13. The number of hydrogen-bond acceptors (Lipinski definition) is 3. The zero-order valence-corrected chi connectivity index (χ0v) is 11.8. The van der Waals surface area contributed by atoms with E-state index in [-0.39, 0.29) is 17.9 Å². The Morgan fingerprint density at radius 3 is 2.63 bits per heavy atom. The molecule has 4 heteroatoms. The molecule has 104 valence electrons. The highest BCUT2D eigenvalue weighted by Crippen LogP contribution is 2.24. The lowest BCUT2D eigenvalue weighted by atomic mass is 10.0. The van der Waals surface area contributed by atoms with E-state index in [9.17, 15) is 4.79 Å². The first-order valence-corrected chi connectivity index (χ1v) is 6.62. The Bertz CT molecular complexity index is 424. The van der Waals surface area contributed by atoms with Gasteiger partial charge >= 0.3 is 0 Å². The summed E-state index contributed by atoms with van der Waals surface area (Å²) in [4.78, 5) is 14.1. The zero-order valence-electron chi connectivity index (χ0n) is 11.8. The quantitative estimate of drug-likeness (QED) is 0.836. The van der Waals surface area contributed by atoms with E-state index in [1.54, 1.807) is 12.0 Å². The minimum Gasteiger partial charge on any atom is -0.497 e. The highest BCUT2D eigenvalue weighted by atomic mass is 16.5. The molecule has 1 aliphatic heterocycles. The summed E-state index contributed by atoms with van der Waals surface area (Å²) in [5.74, 6) is 1.01. The van der Waals surface area contributed by atoms with Crippen molar-refractivity contribution in [2.45, 2.75) is 19.4 Å². The lowest BCUT2D eigenvalue weighted by Crippen LogP contribution is -2.35. The molecule has 0 bridgehead atoms. The van der Waals surface area contributed by atoms with Crippen LogP contribution in [-0.4, -0.2) is 38.2 Å². The smallest absolute Gasteiger partial charge is 0.228 e. The van der Waals surface area contributed by atoms with Gasteiger partial charge in [-0.15, -0.1) is 0 Å². The molecule has 0 aromatic heterocycles. The van der Waals surface area contributed by atoms with Crippen LogP contribution in [0.15, 0.2) is 24.3 Å². The molecular formula is C15H21NO3. The van der Waals surface area contributed by atoms with Gasteiger partial charge in [0.2, 0.25) is 5.91 Å². The predicted molar refractivity (Wildman–Crippen MR) is 73.1 cm³/mol. The Labute approximate surface area is 114 Å². The van der Waals surface area contributed by atoms with Crippen LogP contribution in [0.1, 0.15) is 24.9 Å². The maximum atomic E-state index is 12.3. The van der Waals surface area contributed by atoms with Gasteiger partial charge in [0, 0.05) is 13.7 Å². The van der Waals surface area contributed by atoms with Crippen LogP contribution < -0.4 is 4.74 Å². The van der Waals surface area contributed by atoms with E-state index in [0.29, 0.717) is 13.2 Å². The standard InChI is InChI=1S/C15H21NO3/c1-11(12-4-6-14(18-3)7-5-12)16(2)15(17)13-8-9-19-10-13/h4-7,11,13H,8-10H2,1-3H3. The molecule has 0 radical (unpaired) electrons. The highest BCUT2D eigenvalue weighted by Gasteiger charge is 2.28. The van der Waals surface area contributed by atoms with Crippen molar-refractivity contribution in [1.82, 2.24) is 4.90 Å². The van der Waals surface area contributed by atoms with Gasteiger partial charge in [0.1, 0.15) is 5.75 Å². The number of carbonyl (C=O) groups excluding carboxylic acids is 1. The molecule has 1 heterocycles. The molecule has 1 amide bonds. The number of benzene rings is 1. The van der Waals surface area contributed by atoms with Crippen LogP contribution in [0.25, 0.3) is 0 Å². The van der Waals surface area contributed by atoms with Crippen molar-refractivity contribution >= 4 is 5.91 Å². The maximum Gasteiger partial charge on any atom is 0.228 e. The van der Waals surface area contributed by atoms with E-state index in [2.05, 4.69) is 0 Å². The summed E-state index contributed by atoms with van der Waals surface area (Å²) in [5.41, 5.74) is 1.11. The fraction of sp³-hybridized carbons (Fsp3) is 0.533. The molecular weight excluding hydrogens is 242 g/mol. The molecule has 1 aromatic rings. The number of hydrogen-bond donors (Lipinski definition) is 0. The largest absolute Gasteiger partial charge is 0.497 e. The third kappa shape index (κ3) is 3.07. The second-order valence-corrected chi connectivity index (χ2v) is 4.96. The van der Waals surface area contributed by atoms with Crippen molar-refractivity contribution in [1.29, 1.82) is 0 Å². The number of methoxy groups -OCH3 is 1. The van der Waals surface area contributed by atoms with E-state index < -0.39 is 0 Å². The van der Waals surface area contributed by atoms with Gasteiger partial charge in [0.05, 0.1) is 25.7 Å². The lowest BCUT2D eigenvalue weighted by molar-refractivity contribution is -0.136. The minimum absolute atomic E-state index is 0.0192. The van der Waals surface area contributed by atoms with Crippen LogP contribution in [0.3, 0.4) is 0 Å². The van der Waals surface area contributed by atoms with Crippen LogP contribution in [0.5, 0.6) is 5.75 Å². The Kier molecular flexibility index (Phi) is 4.43. The predicted octanol–water partition coefficient (Wildman–Crippen LogP) is 2.25. The summed E-state index contributed by atoms with van der Waals surface area (Å²) in [5, 5.41) is 0. The highest BCUT2D eigenvalue weighted by molar-refractivity contribution is 5.79. The molecule has 2 unspecified atom stereocenters. The minimum atomic E-state index is 0.0192. The molecule has 1 fully saturated rings. The molecule has 0 N–H and O–H groups in total. The maximum absolute atomic E-state index is 12.3. The number of nitrogens with zero attached hydrogens (tertiary/aromatic N) is 1.